The maximum atomic E-state index is 12.9. The van der Waals surface area contributed by atoms with Gasteiger partial charge in [0.05, 0.1) is 29.2 Å². The van der Waals surface area contributed by atoms with Crippen LogP contribution in [0, 0.1) is 5.92 Å². The molecule has 0 saturated carbocycles. The van der Waals surface area contributed by atoms with Crippen LogP contribution in [0.4, 0.5) is 10.5 Å². The number of aromatic amines is 1. The molecule has 172 valence electrons. The van der Waals surface area contributed by atoms with Gasteiger partial charge >= 0.3 is 6.03 Å². The first-order chi connectivity index (χ1) is 15.7. The molecule has 0 unspecified atom stereocenters. The van der Waals surface area contributed by atoms with E-state index in [9.17, 15) is 14.4 Å². The van der Waals surface area contributed by atoms with Crippen molar-refractivity contribution in [3.05, 3.63) is 59.9 Å². The monoisotopic (exact) mass is 447 g/mol. The molecule has 1 fully saturated rings. The van der Waals surface area contributed by atoms with Crippen molar-refractivity contribution >= 4 is 34.6 Å². The third-order valence-corrected chi connectivity index (χ3v) is 5.91. The number of carbonyl (C=O) groups is 3. The molecular formula is C25H29N5O3. The molecule has 0 aliphatic carbocycles. The van der Waals surface area contributed by atoms with Crippen molar-refractivity contribution in [3.8, 4) is 0 Å². The van der Waals surface area contributed by atoms with Gasteiger partial charge < -0.3 is 15.6 Å². The average molecular weight is 448 g/mol. The van der Waals surface area contributed by atoms with Crippen LogP contribution in [0.25, 0.3) is 11.0 Å². The van der Waals surface area contributed by atoms with Crippen LogP contribution in [0.15, 0.2) is 48.5 Å². The molecule has 3 aromatic rings. The topological polar surface area (TPSA) is 107 Å². The summed E-state index contributed by atoms with van der Waals surface area (Å²) in [7, 11) is 0. The highest BCUT2D eigenvalue weighted by Crippen LogP contribution is 2.25. The lowest BCUT2D eigenvalue weighted by Crippen LogP contribution is -2.39. The number of para-hydroxylation sites is 2. The zero-order chi connectivity index (χ0) is 23.7. The predicted molar refractivity (Wildman–Crippen MR) is 127 cm³/mol. The second kappa shape index (κ2) is 9.05. The zero-order valence-corrected chi connectivity index (χ0v) is 19.3. The Labute approximate surface area is 192 Å². The lowest BCUT2D eigenvalue weighted by molar-refractivity contribution is -0.126. The van der Waals surface area contributed by atoms with Crippen molar-refractivity contribution < 1.29 is 14.4 Å². The number of rotatable bonds is 7. The Morgan fingerprint density at radius 2 is 1.76 bits per heavy atom. The van der Waals surface area contributed by atoms with Gasteiger partial charge in [0.25, 0.3) is 5.91 Å². The number of nitrogens with zero attached hydrogens (tertiary/aromatic N) is 2. The molecule has 4 amide bonds. The molecule has 0 radical (unpaired) electrons. The number of amides is 4. The van der Waals surface area contributed by atoms with E-state index < -0.39 is 18.0 Å². The number of urea groups is 1. The Kier molecular flexibility index (Phi) is 6.18. The zero-order valence-electron chi connectivity index (χ0n) is 19.3. The molecule has 1 aromatic heterocycles. The van der Waals surface area contributed by atoms with Crippen LogP contribution in [0.1, 0.15) is 57.5 Å². The summed E-state index contributed by atoms with van der Waals surface area (Å²) < 4.78 is 0. The molecular weight excluding hydrogens is 418 g/mol. The molecule has 1 aliphatic heterocycles. The van der Waals surface area contributed by atoms with E-state index in [-0.39, 0.29) is 24.3 Å². The minimum atomic E-state index is -0.911. The summed E-state index contributed by atoms with van der Waals surface area (Å²) in [6, 6.07) is 13.2. The van der Waals surface area contributed by atoms with E-state index in [1.165, 1.54) is 0 Å². The number of anilines is 1. The molecule has 8 heteroatoms. The fourth-order valence-corrected chi connectivity index (χ4v) is 4.01. The number of hydrogen-bond acceptors (Lipinski definition) is 4. The quantitative estimate of drug-likeness (QED) is 0.476. The Morgan fingerprint density at radius 1 is 1.06 bits per heavy atom. The fourth-order valence-electron chi connectivity index (χ4n) is 4.01. The van der Waals surface area contributed by atoms with E-state index in [1.54, 1.807) is 12.1 Å². The van der Waals surface area contributed by atoms with Crippen LogP contribution in [-0.2, 0) is 9.59 Å². The van der Waals surface area contributed by atoms with Crippen molar-refractivity contribution in [1.29, 1.82) is 0 Å². The molecule has 2 heterocycles. The number of imidazole rings is 1. The van der Waals surface area contributed by atoms with Crippen LogP contribution in [-0.4, -0.2) is 33.9 Å². The number of benzene rings is 2. The molecule has 0 bridgehead atoms. The molecule has 33 heavy (non-hydrogen) atoms. The van der Waals surface area contributed by atoms with Gasteiger partial charge in [0, 0.05) is 0 Å². The van der Waals surface area contributed by atoms with Crippen molar-refractivity contribution in [2.24, 2.45) is 5.92 Å². The molecule has 1 aliphatic rings. The fraction of sp³-hybridized carbons (Fsp3) is 0.360. The van der Waals surface area contributed by atoms with Gasteiger partial charge in [-0.3, -0.25) is 9.59 Å². The third kappa shape index (κ3) is 4.60. The number of nitrogens with one attached hydrogen (secondary N) is 3. The summed E-state index contributed by atoms with van der Waals surface area (Å²) in [6.45, 7) is 8.13. The van der Waals surface area contributed by atoms with Crippen LogP contribution in [0.2, 0.25) is 0 Å². The Morgan fingerprint density at radius 3 is 2.39 bits per heavy atom. The molecule has 2 aromatic carbocycles. The second-order valence-electron chi connectivity index (χ2n) is 9.05. The standard InChI is InChI=1S/C25H29N5O3/c1-14(2)16-9-11-17(12-10-16)30-24(32)20(28-25(30)33)13-21(31)29-22(15(3)4)23-26-18-7-5-6-8-19(18)27-23/h5-12,14-15,20,22H,13H2,1-4H3,(H,26,27)(H,28,33)(H,29,31)/t20-,22-/m1/s1. The Hall–Kier alpha value is -3.68. The average Bonchev–Trinajstić information content (AvgIpc) is 3.32. The SMILES string of the molecule is CC(C)c1ccc(N2C(=O)N[C@H](CC(=O)N[C@@H](c3nc4ccccc4[nH]3)C(C)C)C2=O)cc1. The first kappa shape index (κ1) is 22.5. The Bertz CT molecular complexity index is 1150. The van der Waals surface area contributed by atoms with Crippen LogP contribution in [0.3, 0.4) is 0 Å². The first-order valence-electron chi connectivity index (χ1n) is 11.2. The second-order valence-corrected chi connectivity index (χ2v) is 9.05. The van der Waals surface area contributed by atoms with Gasteiger partial charge in [-0.1, -0.05) is 52.0 Å². The minimum Gasteiger partial charge on any atom is -0.346 e. The summed E-state index contributed by atoms with van der Waals surface area (Å²) in [5, 5.41) is 5.61. The van der Waals surface area contributed by atoms with Crippen molar-refractivity contribution in [2.45, 2.75) is 52.1 Å². The van der Waals surface area contributed by atoms with Crippen LogP contribution in [0.5, 0.6) is 0 Å². The molecule has 2 atom stereocenters. The molecule has 3 N–H and O–H groups in total. The van der Waals surface area contributed by atoms with Crippen LogP contribution < -0.4 is 15.5 Å². The van der Waals surface area contributed by atoms with Gasteiger partial charge in [-0.15, -0.1) is 0 Å². The number of H-pyrrole nitrogens is 1. The highest BCUT2D eigenvalue weighted by Gasteiger charge is 2.40. The molecule has 0 spiro atoms. The minimum absolute atomic E-state index is 0.0688. The van der Waals surface area contributed by atoms with Gasteiger partial charge in [-0.2, -0.15) is 0 Å². The van der Waals surface area contributed by atoms with E-state index in [1.807, 2.05) is 50.2 Å². The first-order valence-corrected chi connectivity index (χ1v) is 11.2. The highest BCUT2D eigenvalue weighted by molar-refractivity contribution is 6.22. The predicted octanol–water partition coefficient (Wildman–Crippen LogP) is 4.01. The summed E-state index contributed by atoms with van der Waals surface area (Å²) in [5.74, 6) is 0.314. The van der Waals surface area contributed by atoms with E-state index in [2.05, 4.69) is 34.4 Å². The van der Waals surface area contributed by atoms with Crippen molar-refractivity contribution in [2.75, 3.05) is 4.90 Å². The molecule has 4 rings (SSSR count). The number of imide groups is 1. The van der Waals surface area contributed by atoms with Gasteiger partial charge in [0.2, 0.25) is 5.91 Å². The van der Waals surface area contributed by atoms with E-state index in [0.29, 0.717) is 17.4 Å². The summed E-state index contributed by atoms with van der Waals surface area (Å²) in [4.78, 5) is 47.2. The van der Waals surface area contributed by atoms with Gasteiger partial charge in [0.15, 0.2) is 0 Å². The van der Waals surface area contributed by atoms with Gasteiger partial charge in [-0.05, 0) is 41.7 Å². The highest BCUT2D eigenvalue weighted by atomic mass is 16.2. The summed E-state index contributed by atoms with van der Waals surface area (Å²) in [6.07, 6.45) is -0.144. The third-order valence-electron chi connectivity index (χ3n) is 5.91. The lowest BCUT2D eigenvalue weighted by atomic mass is 10.0. The maximum Gasteiger partial charge on any atom is 0.329 e. The summed E-state index contributed by atoms with van der Waals surface area (Å²) >= 11 is 0. The van der Waals surface area contributed by atoms with Crippen LogP contribution >= 0.6 is 0 Å². The molecule has 1 saturated heterocycles. The largest absolute Gasteiger partial charge is 0.346 e. The number of fused-ring (bicyclic) bond motifs is 1. The summed E-state index contributed by atoms with van der Waals surface area (Å²) in [5.41, 5.74) is 3.33. The smallest absolute Gasteiger partial charge is 0.329 e. The van der Waals surface area contributed by atoms with Crippen molar-refractivity contribution in [1.82, 2.24) is 20.6 Å². The molecule has 8 nitrogen and oxygen atoms in total. The number of aromatic nitrogens is 2. The Balaban J connectivity index is 1.45. The number of hydrogen-bond donors (Lipinski definition) is 3. The normalized spacial score (nSPS) is 17.2. The maximum absolute atomic E-state index is 12.9. The lowest BCUT2D eigenvalue weighted by Gasteiger charge is -2.21. The van der Waals surface area contributed by atoms with Gasteiger partial charge in [-0.25, -0.2) is 14.7 Å². The van der Waals surface area contributed by atoms with E-state index >= 15 is 0 Å². The van der Waals surface area contributed by atoms with Gasteiger partial charge in [0.1, 0.15) is 11.9 Å². The van der Waals surface area contributed by atoms with E-state index in [0.717, 1.165) is 21.5 Å². The number of carbonyl (C=O) groups excluding carboxylic acids is 3. The van der Waals surface area contributed by atoms with Crippen molar-refractivity contribution in [3.63, 3.8) is 0 Å². The van der Waals surface area contributed by atoms with E-state index in [4.69, 9.17) is 0 Å².